The molecule has 0 fully saturated rings. The van der Waals surface area contributed by atoms with Gasteiger partial charge in [-0.2, -0.15) is 0 Å². The molecule has 8 nitrogen and oxygen atoms in total. The molecular formula is C23H28O8. The molecule has 8 heteroatoms. The van der Waals surface area contributed by atoms with Crippen LogP contribution in [-0.2, 0) is 9.53 Å². The number of benzene rings is 1. The highest BCUT2D eigenvalue weighted by Gasteiger charge is 2.31. The van der Waals surface area contributed by atoms with Crippen LogP contribution < -0.4 is 10.2 Å². The first kappa shape index (κ1) is 24.1. The predicted molar refractivity (Wildman–Crippen MR) is 115 cm³/mol. The van der Waals surface area contributed by atoms with Gasteiger partial charge < -0.3 is 19.7 Å². The van der Waals surface area contributed by atoms with Gasteiger partial charge in [0.15, 0.2) is 5.43 Å². The summed E-state index contributed by atoms with van der Waals surface area (Å²) < 4.78 is 11.1. The van der Waals surface area contributed by atoms with Crippen molar-refractivity contribution in [2.75, 3.05) is 6.61 Å². The van der Waals surface area contributed by atoms with Crippen LogP contribution in [0.4, 0.5) is 0 Å². The molecule has 0 spiro atoms. The molecule has 0 amide bonds. The second-order valence-electron chi connectivity index (χ2n) is 7.63. The molecule has 2 aromatic carbocycles. The molecule has 0 aliphatic rings. The molecular weight excluding hydrogens is 404 g/mol. The quantitative estimate of drug-likeness (QED) is 0.260. The van der Waals surface area contributed by atoms with Gasteiger partial charge in [-0.15, -0.1) is 0 Å². The Morgan fingerprint density at radius 1 is 1.03 bits per heavy atom. The zero-order valence-corrected chi connectivity index (χ0v) is 17.9. The van der Waals surface area contributed by atoms with Crippen molar-refractivity contribution >= 4 is 28.7 Å². The highest BCUT2D eigenvalue weighted by Crippen LogP contribution is 2.34. The van der Waals surface area contributed by atoms with Crippen LogP contribution in [0.5, 0.6) is 5.75 Å². The van der Waals surface area contributed by atoms with Crippen LogP contribution >= 0.6 is 0 Å². The largest absolute Gasteiger partial charge is 0.493 e. The molecule has 0 aliphatic carbocycles. The Labute approximate surface area is 180 Å². The predicted octanol–water partition coefficient (Wildman–Crippen LogP) is 4.09. The van der Waals surface area contributed by atoms with E-state index in [-0.39, 0.29) is 29.2 Å². The molecule has 31 heavy (non-hydrogen) atoms. The van der Waals surface area contributed by atoms with E-state index in [1.807, 2.05) is 0 Å². The fourth-order valence-corrected chi connectivity index (χ4v) is 3.36. The average Bonchev–Trinajstić information content (AvgIpc) is 3.38. The third kappa shape index (κ3) is 6.16. The number of carbonyl (C=O) groups excluding carboxylic acids is 1. The summed E-state index contributed by atoms with van der Waals surface area (Å²) in [6, 6.07) is 1.08. The maximum absolute atomic E-state index is 12.0. The first-order valence-corrected chi connectivity index (χ1v) is 10.4. The fourth-order valence-electron chi connectivity index (χ4n) is 3.36. The van der Waals surface area contributed by atoms with Gasteiger partial charge in [-0.05, 0) is 38.7 Å². The summed E-state index contributed by atoms with van der Waals surface area (Å²) in [5, 5.41) is 18.5. The molecule has 2 rings (SSSR count). The first-order chi connectivity index (χ1) is 14.7. The van der Waals surface area contributed by atoms with Crippen molar-refractivity contribution in [3.8, 4) is 5.75 Å². The van der Waals surface area contributed by atoms with Crippen LogP contribution in [0.25, 0.3) is 10.8 Å². The number of hydrogen-bond donors (Lipinski definition) is 2. The number of fused-ring (bicyclic) bond motifs is 1. The number of unbranched alkanes of at least 4 members (excludes halogenated alkanes) is 3. The number of rotatable bonds is 14. The second-order valence-corrected chi connectivity index (χ2v) is 7.63. The lowest BCUT2D eigenvalue weighted by Crippen LogP contribution is -2.19. The summed E-state index contributed by atoms with van der Waals surface area (Å²) in [5.74, 6) is -3.27. The fraction of sp³-hybridized carbons (Fsp3) is 0.478. The molecule has 0 heterocycles. The molecule has 0 bridgehead atoms. The average molecular weight is 432 g/mol. The van der Waals surface area contributed by atoms with Gasteiger partial charge in [-0.25, -0.2) is 14.4 Å². The standard InChI is InChI=1S/C23H28O8/c1-4-5-6-7-9-14(31-23(29)13(2)3)10-8-11-30-16-12-15(21(25)26)17(22(27)28)19-18(16)20(19)24/h12,14H,2,4-11H2,1,3H3,(H,25,26)(H,27,28). The lowest BCUT2D eigenvalue weighted by atomic mass is 10.1. The molecule has 0 saturated heterocycles. The topological polar surface area (TPSA) is 127 Å². The van der Waals surface area contributed by atoms with Crippen molar-refractivity contribution < 1.29 is 34.1 Å². The maximum atomic E-state index is 12.0. The summed E-state index contributed by atoms with van der Waals surface area (Å²) >= 11 is 0. The van der Waals surface area contributed by atoms with Gasteiger partial charge in [-0.1, -0.05) is 32.8 Å². The monoisotopic (exact) mass is 432 g/mol. The Balaban J connectivity index is 1.99. The Kier molecular flexibility index (Phi) is 8.36. The van der Waals surface area contributed by atoms with Gasteiger partial charge in [0, 0.05) is 5.57 Å². The maximum Gasteiger partial charge on any atom is 0.337 e. The molecule has 168 valence electrons. The van der Waals surface area contributed by atoms with Crippen molar-refractivity contribution in [2.24, 2.45) is 0 Å². The van der Waals surface area contributed by atoms with Crippen LogP contribution in [0.2, 0.25) is 0 Å². The van der Waals surface area contributed by atoms with E-state index in [0.29, 0.717) is 18.4 Å². The van der Waals surface area contributed by atoms with Gasteiger partial charge >= 0.3 is 17.9 Å². The van der Waals surface area contributed by atoms with Crippen LogP contribution in [0.15, 0.2) is 23.0 Å². The Morgan fingerprint density at radius 3 is 2.29 bits per heavy atom. The molecule has 1 atom stereocenters. The van der Waals surface area contributed by atoms with Crippen LogP contribution in [0, 0.1) is 0 Å². The number of aromatic carboxylic acids is 2. The van der Waals surface area contributed by atoms with E-state index >= 15 is 0 Å². The van der Waals surface area contributed by atoms with Gasteiger partial charge in [0.1, 0.15) is 11.9 Å². The highest BCUT2D eigenvalue weighted by molar-refractivity contribution is 6.19. The third-order valence-electron chi connectivity index (χ3n) is 5.06. The van der Waals surface area contributed by atoms with Crippen molar-refractivity contribution in [1.82, 2.24) is 0 Å². The van der Waals surface area contributed by atoms with E-state index in [1.54, 1.807) is 6.92 Å². The summed E-state index contributed by atoms with van der Waals surface area (Å²) in [4.78, 5) is 46.6. The highest BCUT2D eigenvalue weighted by atomic mass is 16.5. The first-order valence-electron chi connectivity index (χ1n) is 10.4. The Bertz CT molecular complexity index is 993. The van der Waals surface area contributed by atoms with E-state index in [4.69, 9.17) is 9.47 Å². The summed E-state index contributed by atoms with van der Waals surface area (Å²) in [5.41, 5.74) is -1.16. The van der Waals surface area contributed by atoms with Crippen LogP contribution in [-0.4, -0.2) is 40.8 Å². The minimum atomic E-state index is -1.46. The number of ether oxygens (including phenoxy) is 2. The van der Waals surface area contributed by atoms with Crippen molar-refractivity contribution in [1.29, 1.82) is 0 Å². The molecule has 2 N–H and O–H groups in total. The number of carboxylic acid groups (broad SMARTS) is 2. The second kappa shape index (κ2) is 10.7. The van der Waals surface area contributed by atoms with Crippen molar-refractivity contribution in [3.63, 3.8) is 0 Å². The molecule has 1 unspecified atom stereocenters. The van der Waals surface area contributed by atoms with E-state index in [0.717, 1.165) is 38.2 Å². The Morgan fingerprint density at radius 2 is 1.71 bits per heavy atom. The zero-order chi connectivity index (χ0) is 23.1. The third-order valence-corrected chi connectivity index (χ3v) is 5.06. The van der Waals surface area contributed by atoms with Crippen molar-refractivity contribution in [2.45, 2.75) is 64.9 Å². The number of carbonyl (C=O) groups is 3. The molecule has 0 aliphatic heterocycles. The van der Waals surface area contributed by atoms with E-state index in [2.05, 4.69) is 13.5 Å². The number of carboxylic acids is 2. The van der Waals surface area contributed by atoms with Crippen LogP contribution in [0.3, 0.4) is 0 Å². The molecule has 2 aromatic rings. The van der Waals surface area contributed by atoms with Gasteiger partial charge in [0.05, 0.1) is 28.5 Å². The van der Waals surface area contributed by atoms with Crippen LogP contribution in [0.1, 0.15) is 79.5 Å². The lowest BCUT2D eigenvalue weighted by molar-refractivity contribution is -0.145. The summed E-state index contributed by atoms with van der Waals surface area (Å²) in [7, 11) is 0. The number of hydrogen-bond acceptors (Lipinski definition) is 6. The van der Waals surface area contributed by atoms with Gasteiger partial charge in [0.2, 0.25) is 0 Å². The normalized spacial score (nSPS) is 12.1. The van der Waals surface area contributed by atoms with Gasteiger partial charge in [0.25, 0.3) is 0 Å². The van der Waals surface area contributed by atoms with E-state index in [9.17, 15) is 29.4 Å². The lowest BCUT2D eigenvalue weighted by Gasteiger charge is -2.18. The van der Waals surface area contributed by atoms with Crippen molar-refractivity contribution in [3.05, 3.63) is 39.6 Å². The molecule has 0 aromatic heterocycles. The minimum Gasteiger partial charge on any atom is -0.493 e. The molecule has 0 radical (unpaired) electrons. The van der Waals surface area contributed by atoms with E-state index < -0.39 is 34.5 Å². The van der Waals surface area contributed by atoms with E-state index in [1.165, 1.54) is 0 Å². The minimum absolute atomic E-state index is 0.0702. The number of esters is 1. The zero-order valence-electron chi connectivity index (χ0n) is 17.9. The summed E-state index contributed by atoms with van der Waals surface area (Å²) in [6.45, 7) is 7.47. The molecule has 0 saturated carbocycles. The summed E-state index contributed by atoms with van der Waals surface area (Å²) in [6.07, 6.45) is 5.70. The SMILES string of the molecule is C=C(C)C(=O)OC(CCCCCC)CCCOc1cc(C(=O)O)c(C(=O)O)c2c(=O)c12. The smallest absolute Gasteiger partial charge is 0.337 e. The Hall–Kier alpha value is -3.16. The van der Waals surface area contributed by atoms with Gasteiger partial charge in [-0.3, -0.25) is 4.79 Å².